The maximum absolute atomic E-state index is 11.9. The van der Waals surface area contributed by atoms with Crippen molar-refractivity contribution >= 4 is 29.4 Å². The van der Waals surface area contributed by atoms with Crippen LogP contribution in [0.1, 0.15) is 25.8 Å². The third kappa shape index (κ3) is 7.04. The quantitative estimate of drug-likeness (QED) is 0.645. The molecule has 1 aromatic carbocycles. The number of thioether (sulfide) groups is 1. The number of hydrogen-bond donors (Lipinski definition) is 3. The maximum atomic E-state index is 11.9. The minimum absolute atomic E-state index is 0.0793. The van der Waals surface area contributed by atoms with Crippen molar-refractivity contribution in [2.45, 2.75) is 32.7 Å². The Morgan fingerprint density at radius 2 is 2.05 bits per heavy atom. The normalized spacial score (nSPS) is 11.7. The van der Waals surface area contributed by atoms with Crippen LogP contribution in [0.25, 0.3) is 0 Å². The van der Waals surface area contributed by atoms with Crippen molar-refractivity contribution < 1.29 is 14.7 Å². The SMILES string of the molecule is CCSCCC(C)NC(=O)Nc1ccccc1CC(=O)O. The molecular weight excluding hydrogens is 288 g/mol. The van der Waals surface area contributed by atoms with Crippen molar-refractivity contribution in [2.24, 2.45) is 0 Å². The number of carboxylic acids is 1. The van der Waals surface area contributed by atoms with Gasteiger partial charge in [-0.3, -0.25) is 4.79 Å². The van der Waals surface area contributed by atoms with Gasteiger partial charge in [0.2, 0.25) is 0 Å². The summed E-state index contributed by atoms with van der Waals surface area (Å²) in [4.78, 5) is 22.7. The molecule has 0 aromatic heterocycles. The number of carboxylic acid groups (broad SMARTS) is 1. The topological polar surface area (TPSA) is 78.4 Å². The Bertz CT molecular complexity index is 480. The van der Waals surface area contributed by atoms with Gasteiger partial charge in [-0.2, -0.15) is 11.8 Å². The van der Waals surface area contributed by atoms with Crippen LogP contribution in [0.2, 0.25) is 0 Å². The van der Waals surface area contributed by atoms with Gasteiger partial charge in [0.1, 0.15) is 0 Å². The third-order valence-corrected chi connectivity index (χ3v) is 3.82. The molecule has 2 amide bonds. The number of nitrogens with one attached hydrogen (secondary N) is 2. The Hall–Kier alpha value is -1.69. The van der Waals surface area contributed by atoms with Gasteiger partial charge < -0.3 is 15.7 Å². The summed E-state index contributed by atoms with van der Waals surface area (Å²) in [5, 5.41) is 14.4. The zero-order valence-electron chi connectivity index (χ0n) is 12.4. The lowest BCUT2D eigenvalue weighted by molar-refractivity contribution is -0.136. The van der Waals surface area contributed by atoms with Gasteiger partial charge in [0.25, 0.3) is 0 Å². The number of para-hydroxylation sites is 1. The van der Waals surface area contributed by atoms with Gasteiger partial charge in [-0.1, -0.05) is 25.1 Å². The Kier molecular flexibility index (Phi) is 7.68. The molecule has 0 fully saturated rings. The summed E-state index contributed by atoms with van der Waals surface area (Å²) in [6, 6.07) is 6.70. The Morgan fingerprint density at radius 3 is 2.71 bits per heavy atom. The van der Waals surface area contributed by atoms with E-state index in [2.05, 4.69) is 17.6 Å². The van der Waals surface area contributed by atoms with E-state index in [1.165, 1.54) is 0 Å². The molecular formula is C15H22N2O3S. The second kappa shape index (κ2) is 9.28. The van der Waals surface area contributed by atoms with E-state index in [0.717, 1.165) is 17.9 Å². The number of carbonyl (C=O) groups is 2. The number of rotatable bonds is 8. The Balaban J connectivity index is 2.52. The molecule has 116 valence electrons. The highest BCUT2D eigenvalue weighted by Crippen LogP contribution is 2.15. The largest absolute Gasteiger partial charge is 0.481 e. The van der Waals surface area contributed by atoms with E-state index < -0.39 is 5.97 Å². The summed E-state index contributed by atoms with van der Waals surface area (Å²) in [6.45, 7) is 4.06. The molecule has 0 saturated carbocycles. The molecule has 0 radical (unpaired) electrons. The first-order chi connectivity index (χ1) is 10.0. The van der Waals surface area contributed by atoms with Crippen molar-refractivity contribution in [2.75, 3.05) is 16.8 Å². The molecule has 21 heavy (non-hydrogen) atoms. The average molecular weight is 310 g/mol. The number of benzene rings is 1. The molecule has 1 unspecified atom stereocenters. The van der Waals surface area contributed by atoms with Crippen LogP contribution in [0.3, 0.4) is 0 Å². The molecule has 0 bridgehead atoms. The monoisotopic (exact) mass is 310 g/mol. The van der Waals surface area contributed by atoms with E-state index in [0.29, 0.717) is 11.3 Å². The van der Waals surface area contributed by atoms with Gasteiger partial charge in [-0.05, 0) is 36.5 Å². The summed E-state index contributed by atoms with van der Waals surface area (Å²) in [5.74, 6) is 1.16. The number of carbonyl (C=O) groups excluding carboxylic acids is 1. The maximum Gasteiger partial charge on any atom is 0.319 e. The van der Waals surface area contributed by atoms with Gasteiger partial charge in [-0.15, -0.1) is 0 Å². The van der Waals surface area contributed by atoms with Gasteiger partial charge in [0, 0.05) is 11.7 Å². The molecule has 0 heterocycles. The smallest absolute Gasteiger partial charge is 0.319 e. The minimum Gasteiger partial charge on any atom is -0.481 e. The number of hydrogen-bond acceptors (Lipinski definition) is 3. The highest BCUT2D eigenvalue weighted by Gasteiger charge is 2.11. The standard InChI is InChI=1S/C15H22N2O3S/c1-3-21-9-8-11(2)16-15(20)17-13-7-5-4-6-12(13)10-14(18)19/h4-7,11H,3,8-10H2,1-2H3,(H,18,19)(H2,16,17,20). The number of anilines is 1. The fourth-order valence-electron chi connectivity index (χ4n) is 1.82. The molecule has 3 N–H and O–H groups in total. The van der Waals surface area contributed by atoms with E-state index >= 15 is 0 Å². The summed E-state index contributed by atoms with van der Waals surface area (Å²) in [5.41, 5.74) is 1.13. The van der Waals surface area contributed by atoms with Crippen molar-refractivity contribution in [1.82, 2.24) is 5.32 Å². The molecule has 5 nitrogen and oxygen atoms in total. The number of amides is 2. The van der Waals surface area contributed by atoms with E-state index in [9.17, 15) is 9.59 Å². The van der Waals surface area contributed by atoms with Crippen LogP contribution in [-0.2, 0) is 11.2 Å². The predicted octanol–water partition coefficient (Wildman–Crippen LogP) is 2.97. The van der Waals surface area contributed by atoms with E-state index in [4.69, 9.17) is 5.11 Å². The first-order valence-corrected chi connectivity index (χ1v) is 8.13. The van der Waals surface area contributed by atoms with Crippen LogP contribution in [0.4, 0.5) is 10.5 Å². The van der Waals surface area contributed by atoms with E-state index in [-0.39, 0.29) is 18.5 Å². The molecule has 1 atom stereocenters. The van der Waals surface area contributed by atoms with Gasteiger partial charge in [-0.25, -0.2) is 4.79 Å². The molecule has 1 aromatic rings. The Morgan fingerprint density at radius 1 is 1.33 bits per heavy atom. The van der Waals surface area contributed by atoms with Gasteiger partial charge in [0.05, 0.1) is 6.42 Å². The number of urea groups is 1. The van der Waals surface area contributed by atoms with Crippen molar-refractivity contribution in [1.29, 1.82) is 0 Å². The molecule has 0 saturated heterocycles. The van der Waals surface area contributed by atoms with Crippen molar-refractivity contribution in [3.63, 3.8) is 0 Å². The minimum atomic E-state index is -0.922. The van der Waals surface area contributed by atoms with Crippen LogP contribution in [0.15, 0.2) is 24.3 Å². The Labute approximate surface area is 129 Å². The molecule has 0 aliphatic rings. The average Bonchev–Trinajstić information content (AvgIpc) is 2.40. The highest BCUT2D eigenvalue weighted by molar-refractivity contribution is 7.99. The summed E-state index contributed by atoms with van der Waals surface area (Å²) >= 11 is 1.84. The van der Waals surface area contributed by atoms with Crippen LogP contribution in [-0.4, -0.2) is 34.7 Å². The van der Waals surface area contributed by atoms with Crippen LogP contribution >= 0.6 is 11.8 Å². The molecule has 0 aliphatic heterocycles. The summed E-state index contributed by atoms with van der Waals surface area (Å²) in [7, 11) is 0. The van der Waals surface area contributed by atoms with Crippen LogP contribution in [0.5, 0.6) is 0 Å². The third-order valence-electron chi connectivity index (χ3n) is 2.88. The zero-order chi connectivity index (χ0) is 15.7. The first-order valence-electron chi connectivity index (χ1n) is 6.98. The van der Waals surface area contributed by atoms with Crippen molar-refractivity contribution in [3.05, 3.63) is 29.8 Å². The van der Waals surface area contributed by atoms with Crippen LogP contribution < -0.4 is 10.6 Å². The molecule has 0 aliphatic carbocycles. The molecule has 6 heteroatoms. The lowest BCUT2D eigenvalue weighted by atomic mass is 10.1. The first kappa shape index (κ1) is 17.4. The van der Waals surface area contributed by atoms with E-state index in [1.807, 2.05) is 18.7 Å². The number of aliphatic carboxylic acids is 1. The summed E-state index contributed by atoms with van der Waals surface area (Å²) in [6.07, 6.45) is 0.793. The zero-order valence-corrected chi connectivity index (χ0v) is 13.2. The lowest BCUT2D eigenvalue weighted by Crippen LogP contribution is -2.36. The van der Waals surface area contributed by atoms with Crippen molar-refractivity contribution in [3.8, 4) is 0 Å². The fraction of sp³-hybridized carbons (Fsp3) is 0.467. The highest BCUT2D eigenvalue weighted by atomic mass is 32.2. The van der Waals surface area contributed by atoms with E-state index in [1.54, 1.807) is 24.3 Å². The predicted molar refractivity (Wildman–Crippen MR) is 87.0 cm³/mol. The second-order valence-electron chi connectivity index (χ2n) is 4.71. The van der Waals surface area contributed by atoms with Gasteiger partial charge in [0.15, 0.2) is 0 Å². The summed E-state index contributed by atoms with van der Waals surface area (Å²) < 4.78 is 0. The fourth-order valence-corrected chi connectivity index (χ4v) is 2.63. The van der Waals surface area contributed by atoms with Gasteiger partial charge >= 0.3 is 12.0 Å². The molecule has 1 rings (SSSR count). The second-order valence-corrected chi connectivity index (χ2v) is 6.11. The molecule has 0 spiro atoms. The van der Waals surface area contributed by atoms with Crippen LogP contribution in [0, 0.1) is 0 Å². The lowest BCUT2D eigenvalue weighted by Gasteiger charge is -2.15.